The summed E-state index contributed by atoms with van der Waals surface area (Å²) in [4.78, 5) is 34.1. The summed E-state index contributed by atoms with van der Waals surface area (Å²) < 4.78 is 6.96. The van der Waals surface area contributed by atoms with Gasteiger partial charge in [0.05, 0.1) is 24.0 Å². The summed E-state index contributed by atoms with van der Waals surface area (Å²) in [5, 5.41) is 7.46. The fourth-order valence-corrected chi connectivity index (χ4v) is 5.39. The van der Waals surface area contributed by atoms with Crippen LogP contribution in [0, 0.1) is 0 Å². The Labute approximate surface area is 188 Å². The van der Waals surface area contributed by atoms with Crippen LogP contribution in [0.25, 0.3) is 20.7 Å². The number of likely N-dealkylation sites (N-methyl/N-ethyl adjacent to an activating group) is 1. The number of amides is 1. The SMILES string of the molecule is CCN(CC)C(CNC(=O)Cn1cnc2scc(-c3cccs3)c2c1=O)c1ccco1. The van der Waals surface area contributed by atoms with Gasteiger partial charge >= 0.3 is 0 Å². The molecule has 1 N–H and O–H groups in total. The van der Waals surface area contributed by atoms with E-state index >= 15 is 0 Å². The van der Waals surface area contributed by atoms with Crippen LogP contribution in [0.3, 0.4) is 0 Å². The Morgan fingerprint density at radius 3 is 2.77 bits per heavy atom. The zero-order valence-corrected chi connectivity index (χ0v) is 19.0. The molecule has 0 aliphatic rings. The molecule has 0 aliphatic carbocycles. The van der Waals surface area contributed by atoms with E-state index in [1.165, 1.54) is 22.2 Å². The van der Waals surface area contributed by atoms with Crippen LogP contribution in [-0.2, 0) is 11.3 Å². The number of rotatable bonds is 9. The third-order valence-electron chi connectivity index (χ3n) is 5.28. The van der Waals surface area contributed by atoms with Gasteiger partial charge in [-0.15, -0.1) is 22.7 Å². The van der Waals surface area contributed by atoms with E-state index in [1.54, 1.807) is 17.6 Å². The maximum absolute atomic E-state index is 13.1. The molecule has 1 amide bonds. The van der Waals surface area contributed by atoms with Crippen molar-refractivity contribution in [1.82, 2.24) is 19.8 Å². The van der Waals surface area contributed by atoms with E-state index in [0.717, 1.165) is 29.3 Å². The Balaban J connectivity index is 1.51. The van der Waals surface area contributed by atoms with Crippen LogP contribution in [0.2, 0.25) is 0 Å². The quantitative estimate of drug-likeness (QED) is 0.412. The predicted molar refractivity (Wildman–Crippen MR) is 125 cm³/mol. The summed E-state index contributed by atoms with van der Waals surface area (Å²) in [5.74, 6) is 0.572. The molecule has 0 fully saturated rings. The van der Waals surface area contributed by atoms with Crippen molar-refractivity contribution in [3.63, 3.8) is 0 Å². The van der Waals surface area contributed by atoms with Gasteiger partial charge in [-0.3, -0.25) is 19.1 Å². The molecule has 0 saturated heterocycles. The number of thiophene rings is 2. The standard InChI is InChI=1S/C22H24N4O3S2/c1-3-25(4-2)16(17-7-5-9-29-17)11-23-19(27)12-26-14-24-21-20(22(26)28)15(13-31-21)18-8-6-10-30-18/h5-10,13-14,16H,3-4,11-12H2,1-2H3,(H,23,27). The number of aromatic nitrogens is 2. The van der Waals surface area contributed by atoms with Crippen molar-refractivity contribution in [2.45, 2.75) is 26.4 Å². The number of hydrogen-bond donors (Lipinski definition) is 1. The fourth-order valence-electron chi connectivity index (χ4n) is 3.67. The Hall–Kier alpha value is -2.75. The van der Waals surface area contributed by atoms with Gasteiger partial charge in [0.1, 0.15) is 17.1 Å². The Morgan fingerprint density at radius 1 is 1.26 bits per heavy atom. The second-order valence-corrected chi connectivity index (χ2v) is 8.85. The average Bonchev–Trinajstić information content (AvgIpc) is 3.54. The number of carbonyl (C=O) groups excluding carboxylic acids is 1. The summed E-state index contributed by atoms with van der Waals surface area (Å²) in [6, 6.07) is 7.64. The monoisotopic (exact) mass is 456 g/mol. The first-order chi connectivity index (χ1) is 15.1. The minimum atomic E-state index is -0.236. The lowest BCUT2D eigenvalue weighted by molar-refractivity contribution is -0.122. The summed E-state index contributed by atoms with van der Waals surface area (Å²) in [6.45, 7) is 6.15. The predicted octanol–water partition coefficient (Wildman–Crippen LogP) is 3.98. The van der Waals surface area contributed by atoms with E-state index in [9.17, 15) is 9.59 Å². The molecular formula is C22H24N4O3S2. The maximum atomic E-state index is 13.1. The minimum absolute atomic E-state index is 0.0615. The maximum Gasteiger partial charge on any atom is 0.263 e. The number of fused-ring (bicyclic) bond motifs is 1. The van der Waals surface area contributed by atoms with Crippen molar-refractivity contribution in [2.75, 3.05) is 19.6 Å². The molecule has 1 atom stereocenters. The molecule has 9 heteroatoms. The van der Waals surface area contributed by atoms with Crippen molar-refractivity contribution < 1.29 is 9.21 Å². The van der Waals surface area contributed by atoms with Crippen LogP contribution < -0.4 is 10.9 Å². The van der Waals surface area contributed by atoms with Crippen LogP contribution in [0.4, 0.5) is 0 Å². The van der Waals surface area contributed by atoms with Gasteiger partial charge in [-0.1, -0.05) is 19.9 Å². The lowest BCUT2D eigenvalue weighted by Crippen LogP contribution is -2.40. The molecule has 1 unspecified atom stereocenters. The Kier molecular flexibility index (Phi) is 6.64. The van der Waals surface area contributed by atoms with E-state index in [-0.39, 0.29) is 24.1 Å². The van der Waals surface area contributed by atoms with Gasteiger partial charge < -0.3 is 9.73 Å². The molecule has 0 radical (unpaired) electrons. The third kappa shape index (κ3) is 4.48. The van der Waals surface area contributed by atoms with E-state index in [4.69, 9.17) is 4.42 Å². The number of nitrogens with zero attached hydrogens (tertiary/aromatic N) is 3. The molecule has 7 nitrogen and oxygen atoms in total. The molecule has 0 saturated carbocycles. The lowest BCUT2D eigenvalue weighted by Gasteiger charge is -2.28. The van der Waals surface area contributed by atoms with Gasteiger partial charge in [0.2, 0.25) is 5.91 Å². The van der Waals surface area contributed by atoms with Crippen LogP contribution in [0.1, 0.15) is 25.6 Å². The molecule has 4 aromatic rings. The molecule has 4 rings (SSSR count). The molecule has 162 valence electrons. The van der Waals surface area contributed by atoms with Crippen LogP contribution in [0.15, 0.2) is 56.8 Å². The van der Waals surface area contributed by atoms with Crippen molar-refractivity contribution in [3.05, 3.63) is 63.7 Å². The Bertz CT molecular complexity index is 1190. The third-order valence-corrected chi connectivity index (χ3v) is 7.07. The van der Waals surface area contributed by atoms with Gasteiger partial charge in [-0.05, 0) is 36.7 Å². The molecule has 0 aliphatic heterocycles. The largest absolute Gasteiger partial charge is 0.468 e. The van der Waals surface area contributed by atoms with Crippen molar-refractivity contribution >= 4 is 38.8 Å². The van der Waals surface area contributed by atoms with Crippen molar-refractivity contribution in [3.8, 4) is 10.4 Å². The minimum Gasteiger partial charge on any atom is -0.468 e. The second kappa shape index (κ2) is 9.59. The topological polar surface area (TPSA) is 80.4 Å². The van der Waals surface area contributed by atoms with Crippen molar-refractivity contribution in [1.29, 1.82) is 0 Å². The van der Waals surface area contributed by atoms with Crippen LogP contribution in [0.5, 0.6) is 0 Å². The van der Waals surface area contributed by atoms with Gasteiger partial charge in [0.25, 0.3) is 5.56 Å². The molecule has 0 bridgehead atoms. The lowest BCUT2D eigenvalue weighted by atomic mass is 10.2. The second-order valence-electron chi connectivity index (χ2n) is 7.04. The molecule has 31 heavy (non-hydrogen) atoms. The van der Waals surface area contributed by atoms with Crippen LogP contribution in [-0.4, -0.2) is 40.0 Å². The summed E-state index contributed by atoms with van der Waals surface area (Å²) in [7, 11) is 0. The number of hydrogen-bond acceptors (Lipinski definition) is 7. The fraction of sp³-hybridized carbons (Fsp3) is 0.318. The number of furan rings is 1. The van der Waals surface area contributed by atoms with Gasteiger partial charge in [-0.2, -0.15) is 0 Å². The summed E-state index contributed by atoms with van der Waals surface area (Å²) in [5.41, 5.74) is 0.679. The smallest absolute Gasteiger partial charge is 0.263 e. The van der Waals surface area contributed by atoms with E-state index in [1.807, 2.05) is 35.0 Å². The molecule has 0 aromatic carbocycles. The summed E-state index contributed by atoms with van der Waals surface area (Å²) in [6.07, 6.45) is 3.09. The zero-order valence-electron chi connectivity index (χ0n) is 17.4. The number of nitrogens with one attached hydrogen (secondary N) is 1. The molecule has 4 aromatic heterocycles. The summed E-state index contributed by atoms with van der Waals surface area (Å²) >= 11 is 3.02. The number of carbonyl (C=O) groups is 1. The first-order valence-corrected chi connectivity index (χ1v) is 11.9. The van der Waals surface area contributed by atoms with E-state index in [2.05, 4.69) is 29.0 Å². The van der Waals surface area contributed by atoms with Gasteiger partial charge in [-0.25, -0.2) is 4.98 Å². The van der Waals surface area contributed by atoms with E-state index < -0.39 is 0 Å². The normalized spacial score (nSPS) is 12.5. The average molecular weight is 457 g/mol. The van der Waals surface area contributed by atoms with Gasteiger partial charge in [0.15, 0.2) is 0 Å². The highest BCUT2D eigenvalue weighted by atomic mass is 32.1. The van der Waals surface area contributed by atoms with Crippen LogP contribution >= 0.6 is 22.7 Å². The first kappa shape index (κ1) is 21.5. The molecule has 0 spiro atoms. The molecular weight excluding hydrogens is 432 g/mol. The van der Waals surface area contributed by atoms with Gasteiger partial charge in [0, 0.05) is 22.4 Å². The van der Waals surface area contributed by atoms with E-state index in [0.29, 0.717) is 16.8 Å². The van der Waals surface area contributed by atoms with Crippen molar-refractivity contribution in [2.24, 2.45) is 0 Å². The highest BCUT2D eigenvalue weighted by molar-refractivity contribution is 7.18. The first-order valence-electron chi connectivity index (χ1n) is 10.2. The highest BCUT2D eigenvalue weighted by Gasteiger charge is 2.22. The molecule has 4 heterocycles. The highest BCUT2D eigenvalue weighted by Crippen LogP contribution is 2.33. The Morgan fingerprint density at radius 2 is 2.10 bits per heavy atom. The zero-order chi connectivity index (χ0) is 21.8.